The number of hydrogen-bond acceptors (Lipinski definition) is 4. The van der Waals surface area contributed by atoms with Crippen LogP contribution < -0.4 is 0 Å². The van der Waals surface area contributed by atoms with Gasteiger partial charge in [-0.1, -0.05) is 24.3 Å². The molecule has 0 unspecified atom stereocenters. The summed E-state index contributed by atoms with van der Waals surface area (Å²) in [7, 11) is 0. The van der Waals surface area contributed by atoms with Crippen molar-refractivity contribution in [3.05, 3.63) is 62.7 Å². The van der Waals surface area contributed by atoms with Crippen LogP contribution in [0.15, 0.2) is 36.4 Å². The third kappa shape index (κ3) is 4.85. The summed E-state index contributed by atoms with van der Waals surface area (Å²) >= 11 is 1.75. The maximum absolute atomic E-state index is 9.80. The highest BCUT2D eigenvalue weighted by Crippen LogP contribution is 2.31. The summed E-state index contributed by atoms with van der Waals surface area (Å²) in [6.07, 6.45) is 4.58. The molecule has 2 heterocycles. The summed E-state index contributed by atoms with van der Waals surface area (Å²) < 4.78 is 3.31. The van der Waals surface area contributed by atoms with Gasteiger partial charge >= 0.3 is 0 Å². The summed E-state index contributed by atoms with van der Waals surface area (Å²) in [5.74, 6) is 1.85. The lowest BCUT2D eigenvalue weighted by Gasteiger charge is -2.19. The first-order valence-electron chi connectivity index (χ1n) is 9.96. The molecule has 0 saturated carbocycles. The number of allylic oxidation sites excluding steroid dienone is 1. The Labute approximate surface area is 181 Å². The van der Waals surface area contributed by atoms with Crippen molar-refractivity contribution in [1.82, 2.24) is 0 Å². The molecule has 30 heavy (non-hydrogen) atoms. The molecule has 0 spiro atoms. The van der Waals surface area contributed by atoms with Crippen molar-refractivity contribution in [2.24, 2.45) is 0 Å². The van der Waals surface area contributed by atoms with E-state index in [2.05, 4.69) is 28.6 Å². The molecule has 0 N–H and O–H groups in total. The monoisotopic (exact) mass is 414 g/mol. The Bertz CT molecular complexity index is 1040. The van der Waals surface area contributed by atoms with Gasteiger partial charge in [0.2, 0.25) is 0 Å². The van der Waals surface area contributed by atoms with Crippen LogP contribution in [0.25, 0.3) is 11.0 Å². The SMILES string of the molecule is N#CC(=C=[N-])c1ccc(C(C#N)(C#N)CCc2ccc(CC[O+]3CCCC3)s2)cc1. The van der Waals surface area contributed by atoms with Crippen LogP contribution in [-0.4, -0.2) is 25.7 Å². The van der Waals surface area contributed by atoms with Crippen LogP contribution in [0, 0.1) is 34.0 Å². The number of rotatable bonds is 8. The molecular weight excluding hydrogens is 392 g/mol. The van der Waals surface area contributed by atoms with Crippen LogP contribution in [0.5, 0.6) is 0 Å². The zero-order valence-corrected chi connectivity index (χ0v) is 17.5. The van der Waals surface area contributed by atoms with E-state index in [-0.39, 0.29) is 5.57 Å². The standard InChI is InChI=1S/C24H22N4OS/c25-15-20(16-26)19-3-5-21(6-4-19)24(17-27,18-28)11-9-22-7-8-23(30-22)10-14-29-12-1-2-13-29/h3-8H,1-2,9-14H2. The van der Waals surface area contributed by atoms with Crippen LogP contribution >= 0.6 is 11.3 Å². The van der Waals surface area contributed by atoms with Crippen LogP contribution in [0.4, 0.5) is 0 Å². The van der Waals surface area contributed by atoms with Crippen molar-refractivity contribution in [3.63, 3.8) is 0 Å². The predicted molar refractivity (Wildman–Crippen MR) is 118 cm³/mol. The molecule has 0 bridgehead atoms. The van der Waals surface area contributed by atoms with E-state index in [0.717, 1.165) is 26.2 Å². The van der Waals surface area contributed by atoms with E-state index in [1.165, 1.54) is 22.6 Å². The Hall–Kier alpha value is -3.20. The number of nitriles is 3. The molecule has 0 atom stereocenters. The molecule has 1 fully saturated rings. The van der Waals surface area contributed by atoms with Crippen molar-refractivity contribution >= 4 is 22.8 Å². The highest BCUT2D eigenvalue weighted by atomic mass is 32.1. The van der Waals surface area contributed by atoms with Crippen LogP contribution in [-0.2, 0) is 22.6 Å². The lowest BCUT2D eigenvalue weighted by atomic mass is 9.79. The van der Waals surface area contributed by atoms with Gasteiger partial charge in [0.15, 0.2) is 12.0 Å². The molecule has 6 heteroatoms. The van der Waals surface area contributed by atoms with E-state index in [4.69, 9.17) is 10.7 Å². The third-order valence-electron chi connectivity index (χ3n) is 5.49. The summed E-state index contributed by atoms with van der Waals surface area (Å²) in [6, 6.07) is 17.1. The maximum atomic E-state index is 9.80. The van der Waals surface area contributed by atoms with E-state index in [9.17, 15) is 10.5 Å². The van der Waals surface area contributed by atoms with E-state index in [1.807, 2.05) is 11.9 Å². The topological polar surface area (TPSA) is 96.4 Å². The smallest absolute Gasteiger partial charge is 0.169 e. The summed E-state index contributed by atoms with van der Waals surface area (Å²) in [5.41, 5.74) is -0.159. The van der Waals surface area contributed by atoms with Crippen LogP contribution in [0.1, 0.15) is 40.1 Å². The normalized spacial score (nSPS) is 13.8. The summed E-state index contributed by atoms with van der Waals surface area (Å²) in [5, 5.41) is 37.6. The Morgan fingerprint density at radius 3 is 2.17 bits per heavy atom. The first-order chi connectivity index (χ1) is 14.6. The van der Waals surface area contributed by atoms with Gasteiger partial charge < -0.3 is 9.78 Å². The maximum Gasteiger partial charge on any atom is 0.169 e. The van der Waals surface area contributed by atoms with Crippen molar-refractivity contribution in [2.45, 2.75) is 37.5 Å². The van der Waals surface area contributed by atoms with Gasteiger partial charge in [0.05, 0.1) is 24.1 Å². The summed E-state index contributed by atoms with van der Waals surface area (Å²) in [6.45, 7) is 3.24. The molecule has 2 aromatic rings. The lowest BCUT2D eigenvalue weighted by Crippen LogP contribution is -2.22. The Balaban J connectivity index is 1.67. The van der Waals surface area contributed by atoms with Gasteiger partial charge in [-0.2, -0.15) is 15.8 Å². The van der Waals surface area contributed by atoms with Gasteiger partial charge in [0.1, 0.15) is 19.3 Å². The second kappa shape index (κ2) is 10.0. The highest BCUT2D eigenvalue weighted by molar-refractivity contribution is 7.12. The van der Waals surface area contributed by atoms with E-state index in [0.29, 0.717) is 24.0 Å². The molecule has 1 saturated heterocycles. The first-order valence-corrected chi connectivity index (χ1v) is 10.8. The molecule has 5 nitrogen and oxygen atoms in total. The van der Waals surface area contributed by atoms with Gasteiger partial charge in [-0.05, 0) is 36.1 Å². The Morgan fingerprint density at radius 2 is 1.60 bits per heavy atom. The number of benzene rings is 1. The second-order valence-corrected chi connectivity index (χ2v) is 8.61. The van der Waals surface area contributed by atoms with E-state index in [1.54, 1.807) is 35.6 Å². The van der Waals surface area contributed by atoms with Crippen molar-refractivity contribution in [3.8, 4) is 18.2 Å². The zero-order chi connectivity index (χ0) is 21.4. The first kappa shape index (κ1) is 21.5. The van der Waals surface area contributed by atoms with Crippen LogP contribution in [0.2, 0.25) is 0 Å². The number of thiophene rings is 1. The third-order valence-corrected chi connectivity index (χ3v) is 6.69. The molecule has 1 aliphatic rings. The number of nitrogens with zero attached hydrogens (tertiary/aromatic N) is 4. The quantitative estimate of drug-likeness (QED) is 0.356. The number of aryl methyl sites for hydroxylation is 1. The van der Waals surface area contributed by atoms with Gasteiger partial charge in [-0.25, -0.2) is 5.87 Å². The largest absolute Gasteiger partial charge is 0.762 e. The molecule has 0 amide bonds. The van der Waals surface area contributed by atoms with Gasteiger partial charge in [0, 0.05) is 22.6 Å². The highest BCUT2D eigenvalue weighted by Gasteiger charge is 2.32. The number of hydrogen-bond donors (Lipinski definition) is 0. The second-order valence-electron chi connectivity index (χ2n) is 7.35. The molecule has 1 aromatic heterocycles. The molecule has 1 aromatic carbocycles. The average Bonchev–Trinajstić information content (AvgIpc) is 3.47. The average molecular weight is 415 g/mol. The van der Waals surface area contributed by atoms with Gasteiger partial charge in [-0.3, -0.25) is 0 Å². The van der Waals surface area contributed by atoms with E-state index < -0.39 is 5.41 Å². The molecule has 1 aliphatic heterocycles. The molecule has 0 aliphatic carbocycles. The Kier molecular flexibility index (Phi) is 7.18. The molecule has 0 radical (unpaired) electrons. The fourth-order valence-corrected chi connectivity index (χ4v) is 4.65. The van der Waals surface area contributed by atoms with Crippen molar-refractivity contribution in [2.75, 3.05) is 19.8 Å². The summed E-state index contributed by atoms with van der Waals surface area (Å²) in [4.78, 5) is 2.50. The minimum absolute atomic E-state index is 0.0132. The zero-order valence-electron chi connectivity index (χ0n) is 16.7. The Morgan fingerprint density at radius 1 is 0.967 bits per heavy atom. The minimum Gasteiger partial charge on any atom is -0.762 e. The fraction of sp³-hybridized carbons (Fsp3) is 0.375. The minimum atomic E-state index is -1.26. The van der Waals surface area contributed by atoms with Crippen molar-refractivity contribution < 1.29 is 4.37 Å². The molecule has 150 valence electrons. The lowest BCUT2D eigenvalue weighted by molar-refractivity contribution is -0.103. The van der Waals surface area contributed by atoms with Gasteiger partial charge in [-0.15, -0.1) is 11.3 Å². The van der Waals surface area contributed by atoms with Crippen LogP contribution in [0.3, 0.4) is 0 Å². The van der Waals surface area contributed by atoms with Crippen molar-refractivity contribution in [1.29, 1.82) is 15.8 Å². The van der Waals surface area contributed by atoms with E-state index >= 15 is 0 Å². The molecular formula is C24H22N4OS. The van der Waals surface area contributed by atoms with Gasteiger partial charge in [0.25, 0.3) is 0 Å². The predicted octanol–water partition coefficient (Wildman–Crippen LogP) is 4.70. The fourth-order valence-electron chi connectivity index (χ4n) is 3.65. The molecule has 3 rings (SSSR count).